The van der Waals surface area contributed by atoms with E-state index in [9.17, 15) is 0 Å². The van der Waals surface area contributed by atoms with Gasteiger partial charge in [-0.3, -0.25) is 0 Å². The molecule has 62 valence electrons. The van der Waals surface area contributed by atoms with E-state index in [2.05, 4.69) is 13.0 Å². The molecule has 1 atom stereocenters. The van der Waals surface area contributed by atoms with Crippen LogP contribution in [0.15, 0.2) is 0 Å². The number of rotatable bonds is 2. The topological polar surface area (TPSA) is 23.8 Å². The minimum atomic E-state index is 0.639. The third kappa shape index (κ3) is 2.54. The van der Waals surface area contributed by atoms with Crippen molar-refractivity contribution in [2.75, 3.05) is 0 Å². The third-order valence-electron chi connectivity index (χ3n) is 2.87. The maximum atomic E-state index is 8.52. The van der Waals surface area contributed by atoms with Crippen molar-refractivity contribution in [3.8, 4) is 6.07 Å². The second-order valence-electron chi connectivity index (χ2n) is 3.74. The van der Waals surface area contributed by atoms with E-state index in [1.54, 1.807) is 0 Å². The summed E-state index contributed by atoms with van der Waals surface area (Å²) in [6.07, 6.45) is 7.67. The first-order valence-corrected chi connectivity index (χ1v) is 4.71. The molecule has 11 heavy (non-hydrogen) atoms. The first kappa shape index (κ1) is 8.59. The van der Waals surface area contributed by atoms with E-state index >= 15 is 0 Å². The summed E-state index contributed by atoms with van der Waals surface area (Å²) in [4.78, 5) is 0. The van der Waals surface area contributed by atoms with Crippen molar-refractivity contribution < 1.29 is 0 Å². The van der Waals surface area contributed by atoms with Gasteiger partial charge in [0.15, 0.2) is 0 Å². The van der Waals surface area contributed by atoms with Gasteiger partial charge in [-0.15, -0.1) is 0 Å². The van der Waals surface area contributed by atoms with Gasteiger partial charge >= 0.3 is 0 Å². The second-order valence-corrected chi connectivity index (χ2v) is 3.74. The normalized spacial score (nSPS) is 22.5. The molecular formula is C10H17N. The number of nitriles is 1. The highest BCUT2D eigenvalue weighted by atomic mass is 14.3. The Hall–Kier alpha value is -0.510. The summed E-state index contributed by atoms with van der Waals surface area (Å²) in [6.45, 7) is 2.22. The van der Waals surface area contributed by atoms with Gasteiger partial charge in [0, 0.05) is 6.42 Å². The summed E-state index contributed by atoms with van der Waals surface area (Å²) in [6, 6.07) is 2.26. The van der Waals surface area contributed by atoms with Crippen LogP contribution in [0.5, 0.6) is 0 Å². The summed E-state index contributed by atoms with van der Waals surface area (Å²) < 4.78 is 0. The van der Waals surface area contributed by atoms with Gasteiger partial charge in [0.25, 0.3) is 0 Å². The third-order valence-corrected chi connectivity index (χ3v) is 2.87. The molecule has 1 unspecified atom stereocenters. The predicted molar refractivity (Wildman–Crippen MR) is 46.0 cm³/mol. The van der Waals surface area contributed by atoms with E-state index in [-0.39, 0.29) is 0 Å². The van der Waals surface area contributed by atoms with E-state index in [0.29, 0.717) is 5.92 Å². The molecule has 0 amide bonds. The van der Waals surface area contributed by atoms with Crippen LogP contribution in [0.2, 0.25) is 0 Å². The first-order valence-electron chi connectivity index (χ1n) is 4.71. The molecule has 1 aliphatic rings. The van der Waals surface area contributed by atoms with Crippen molar-refractivity contribution in [1.82, 2.24) is 0 Å². The van der Waals surface area contributed by atoms with Gasteiger partial charge in [-0.1, -0.05) is 39.0 Å². The van der Waals surface area contributed by atoms with Gasteiger partial charge in [-0.05, 0) is 11.8 Å². The number of nitrogens with zero attached hydrogens (tertiary/aromatic N) is 1. The minimum Gasteiger partial charge on any atom is -0.198 e. The summed E-state index contributed by atoms with van der Waals surface area (Å²) >= 11 is 0. The van der Waals surface area contributed by atoms with Gasteiger partial charge in [0.2, 0.25) is 0 Å². The zero-order valence-electron chi connectivity index (χ0n) is 7.34. The molecule has 0 heterocycles. The molecule has 0 N–H and O–H groups in total. The second kappa shape index (κ2) is 4.38. The molecule has 0 aromatic carbocycles. The Morgan fingerprint density at radius 2 is 2.00 bits per heavy atom. The van der Waals surface area contributed by atoms with Crippen molar-refractivity contribution >= 4 is 0 Å². The van der Waals surface area contributed by atoms with Crippen LogP contribution in [-0.2, 0) is 0 Å². The van der Waals surface area contributed by atoms with Crippen LogP contribution in [0, 0.1) is 23.2 Å². The molecular weight excluding hydrogens is 134 g/mol. The maximum Gasteiger partial charge on any atom is 0.0624 e. The average Bonchev–Trinajstić information content (AvgIpc) is 2.07. The molecule has 0 aliphatic heterocycles. The van der Waals surface area contributed by atoms with E-state index in [1.807, 2.05) is 0 Å². The van der Waals surface area contributed by atoms with Gasteiger partial charge in [0.05, 0.1) is 6.07 Å². The highest BCUT2D eigenvalue weighted by molar-refractivity contribution is 4.79. The summed E-state index contributed by atoms with van der Waals surface area (Å²) in [5.41, 5.74) is 0. The molecule has 0 radical (unpaired) electrons. The fourth-order valence-electron chi connectivity index (χ4n) is 2.01. The van der Waals surface area contributed by atoms with E-state index in [1.165, 1.54) is 32.1 Å². The SMILES string of the molecule is CC(CC#N)C1CCCCC1. The van der Waals surface area contributed by atoms with Gasteiger partial charge in [-0.2, -0.15) is 5.26 Å². The van der Waals surface area contributed by atoms with Crippen LogP contribution in [-0.4, -0.2) is 0 Å². The van der Waals surface area contributed by atoms with Crippen molar-refractivity contribution in [2.24, 2.45) is 11.8 Å². The Morgan fingerprint density at radius 1 is 1.36 bits per heavy atom. The maximum absolute atomic E-state index is 8.52. The smallest absolute Gasteiger partial charge is 0.0624 e. The molecule has 0 saturated heterocycles. The fourth-order valence-corrected chi connectivity index (χ4v) is 2.01. The molecule has 1 fully saturated rings. The minimum absolute atomic E-state index is 0.639. The van der Waals surface area contributed by atoms with Crippen LogP contribution in [0.25, 0.3) is 0 Å². The predicted octanol–water partition coefficient (Wildman–Crippen LogP) is 3.12. The van der Waals surface area contributed by atoms with E-state index in [4.69, 9.17) is 5.26 Å². The van der Waals surface area contributed by atoms with E-state index in [0.717, 1.165) is 12.3 Å². The first-order chi connectivity index (χ1) is 5.34. The molecule has 0 bridgehead atoms. The Kier molecular flexibility index (Phi) is 3.42. The summed E-state index contributed by atoms with van der Waals surface area (Å²) in [7, 11) is 0. The lowest BCUT2D eigenvalue weighted by atomic mass is 9.80. The highest BCUT2D eigenvalue weighted by Crippen LogP contribution is 2.30. The van der Waals surface area contributed by atoms with Gasteiger partial charge in [-0.25, -0.2) is 0 Å². The van der Waals surface area contributed by atoms with Crippen molar-refractivity contribution in [1.29, 1.82) is 5.26 Å². The monoisotopic (exact) mass is 151 g/mol. The molecule has 1 heteroatoms. The number of hydrogen-bond donors (Lipinski definition) is 0. The van der Waals surface area contributed by atoms with Crippen LogP contribution in [0.1, 0.15) is 45.4 Å². The Bertz CT molecular complexity index is 139. The van der Waals surface area contributed by atoms with Gasteiger partial charge < -0.3 is 0 Å². The van der Waals surface area contributed by atoms with Crippen LogP contribution >= 0.6 is 0 Å². The molecule has 0 spiro atoms. The van der Waals surface area contributed by atoms with Crippen molar-refractivity contribution in [3.63, 3.8) is 0 Å². The van der Waals surface area contributed by atoms with Crippen molar-refractivity contribution in [3.05, 3.63) is 0 Å². The Morgan fingerprint density at radius 3 is 2.55 bits per heavy atom. The highest BCUT2D eigenvalue weighted by Gasteiger charge is 2.19. The summed E-state index contributed by atoms with van der Waals surface area (Å²) in [5.74, 6) is 1.49. The molecule has 0 aromatic heterocycles. The van der Waals surface area contributed by atoms with E-state index < -0.39 is 0 Å². The Balaban J connectivity index is 2.27. The molecule has 1 aliphatic carbocycles. The molecule has 0 aromatic rings. The van der Waals surface area contributed by atoms with Gasteiger partial charge in [0.1, 0.15) is 0 Å². The quantitative estimate of drug-likeness (QED) is 0.595. The van der Waals surface area contributed by atoms with Crippen LogP contribution < -0.4 is 0 Å². The van der Waals surface area contributed by atoms with Crippen LogP contribution in [0.3, 0.4) is 0 Å². The summed E-state index contributed by atoms with van der Waals surface area (Å²) in [5, 5.41) is 8.52. The zero-order valence-corrected chi connectivity index (χ0v) is 7.34. The fraction of sp³-hybridized carbons (Fsp3) is 0.900. The lowest BCUT2D eigenvalue weighted by Crippen LogP contribution is -2.14. The largest absolute Gasteiger partial charge is 0.198 e. The molecule has 1 rings (SSSR count). The Labute approximate surface area is 69.4 Å². The average molecular weight is 151 g/mol. The zero-order chi connectivity index (χ0) is 8.10. The standard InChI is InChI=1S/C10H17N/c1-9(7-8-11)10-5-3-2-4-6-10/h9-10H,2-7H2,1H3. The lowest BCUT2D eigenvalue weighted by Gasteiger charge is -2.25. The molecule has 1 saturated carbocycles. The lowest BCUT2D eigenvalue weighted by molar-refractivity contribution is 0.266. The molecule has 1 nitrogen and oxygen atoms in total. The van der Waals surface area contributed by atoms with Crippen molar-refractivity contribution in [2.45, 2.75) is 45.4 Å². The van der Waals surface area contributed by atoms with Crippen LogP contribution in [0.4, 0.5) is 0 Å². The number of hydrogen-bond acceptors (Lipinski definition) is 1.